The molecule has 0 atom stereocenters. The minimum atomic E-state index is -4.12. The predicted octanol–water partition coefficient (Wildman–Crippen LogP) is 5.35. The highest BCUT2D eigenvalue weighted by molar-refractivity contribution is 7.89. The van der Waals surface area contributed by atoms with Crippen molar-refractivity contribution in [1.29, 1.82) is 0 Å². The van der Waals surface area contributed by atoms with Crippen LogP contribution in [0.25, 0.3) is 0 Å². The number of sulfonamides is 1. The van der Waals surface area contributed by atoms with Gasteiger partial charge < -0.3 is 5.32 Å². The van der Waals surface area contributed by atoms with Crippen LogP contribution in [0, 0.1) is 24.0 Å². The van der Waals surface area contributed by atoms with E-state index in [9.17, 15) is 23.3 Å². The first-order valence-electron chi connectivity index (χ1n) is 10.0. The molecule has 0 unspecified atom stereocenters. The summed E-state index contributed by atoms with van der Waals surface area (Å²) in [4.78, 5) is 23.4. The van der Waals surface area contributed by atoms with Crippen LogP contribution in [0.15, 0.2) is 65.6 Å². The number of benzene rings is 3. The molecule has 178 valence electrons. The zero-order chi connectivity index (χ0) is 25.0. The van der Waals surface area contributed by atoms with Gasteiger partial charge in [0.2, 0.25) is 15.9 Å². The predicted molar refractivity (Wildman–Crippen MR) is 132 cm³/mol. The molecule has 11 heteroatoms. The topological polar surface area (TPSA) is 110 Å². The molecule has 0 aliphatic rings. The molecule has 0 heterocycles. The lowest BCUT2D eigenvalue weighted by molar-refractivity contribution is -0.384. The molecule has 1 N–H and O–H groups in total. The number of anilines is 1. The van der Waals surface area contributed by atoms with E-state index in [2.05, 4.69) is 5.32 Å². The van der Waals surface area contributed by atoms with Gasteiger partial charge in [0.25, 0.3) is 5.69 Å². The lowest BCUT2D eigenvalue weighted by Gasteiger charge is -2.23. The Morgan fingerprint density at radius 1 is 1.03 bits per heavy atom. The minimum Gasteiger partial charge on any atom is -0.324 e. The van der Waals surface area contributed by atoms with E-state index in [4.69, 9.17) is 23.2 Å². The molecule has 0 saturated carbocycles. The number of amides is 1. The molecule has 0 saturated heterocycles. The maximum Gasteiger partial charge on any atom is 0.271 e. The second-order valence-electron chi connectivity index (χ2n) is 7.59. The summed E-state index contributed by atoms with van der Waals surface area (Å²) >= 11 is 12.5. The number of non-ortho nitro benzene ring substituents is 1. The number of nitro benzene ring substituents is 1. The number of nitrogens with zero attached hydrogens (tertiary/aromatic N) is 2. The summed E-state index contributed by atoms with van der Waals surface area (Å²) in [5.74, 6) is -0.678. The Hall–Kier alpha value is -2.98. The van der Waals surface area contributed by atoms with Crippen LogP contribution in [-0.2, 0) is 21.4 Å². The van der Waals surface area contributed by atoms with E-state index in [1.165, 1.54) is 30.3 Å². The molecule has 0 spiro atoms. The van der Waals surface area contributed by atoms with Crippen LogP contribution in [0.4, 0.5) is 11.4 Å². The number of carbonyl (C=O) groups excluding carboxylic acids is 1. The number of nitrogens with one attached hydrogen (secondary N) is 1. The first-order valence-corrected chi connectivity index (χ1v) is 12.2. The van der Waals surface area contributed by atoms with E-state index >= 15 is 0 Å². The van der Waals surface area contributed by atoms with Gasteiger partial charge in [-0.1, -0.05) is 53.0 Å². The molecule has 3 aromatic carbocycles. The van der Waals surface area contributed by atoms with Crippen molar-refractivity contribution in [2.75, 3.05) is 11.9 Å². The molecule has 0 radical (unpaired) electrons. The Kier molecular flexibility index (Phi) is 7.93. The molecular formula is C23H21Cl2N3O5S. The average Bonchev–Trinajstić information content (AvgIpc) is 2.77. The standard InChI is InChI=1S/C23H21Cl2N3O5S/c1-15-6-10-18(11-7-15)34(32,33)27(13-19-20(24)4-3-5-21(19)25)14-23(29)26-22-12-17(28(30)31)9-8-16(22)2/h3-12H,13-14H2,1-2H3,(H,26,29). The van der Waals surface area contributed by atoms with Crippen LogP contribution in [0.1, 0.15) is 16.7 Å². The minimum absolute atomic E-state index is 0.000561. The summed E-state index contributed by atoms with van der Waals surface area (Å²) in [6.45, 7) is 2.67. The molecule has 3 aromatic rings. The summed E-state index contributed by atoms with van der Waals surface area (Å²) in [5, 5.41) is 14.2. The molecule has 0 aromatic heterocycles. The molecule has 0 fully saturated rings. The van der Waals surface area contributed by atoms with Crippen molar-refractivity contribution < 1.29 is 18.1 Å². The quantitative estimate of drug-likeness (QED) is 0.317. The molecule has 34 heavy (non-hydrogen) atoms. The molecule has 0 aliphatic heterocycles. The SMILES string of the molecule is Cc1ccc(S(=O)(=O)N(CC(=O)Nc2cc([N+](=O)[O-])ccc2C)Cc2c(Cl)cccc2Cl)cc1. The number of aryl methyl sites for hydroxylation is 2. The lowest BCUT2D eigenvalue weighted by Crippen LogP contribution is -2.37. The maximum absolute atomic E-state index is 13.4. The first-order chi connectivity index (χ1) is 16.0. The van der Waals surface area contributed by atoms with Gasteiger partial charge in [0, 0.05) is 34.3 Å². The number of hydrogen-bond donors (Lipinski definition) is 1. The monoisotopic (exact) mass is 521 g/mol. The van der Waals surface area contributed by atoms with Crippen LogP contribution in [-0.4, -0.2) is 30.1 Å². The van der Waals surface area contributed by atoms with Gasteiger partial charge in [-0.15, -0.1) is 0 Å². The van der Waals surface area contributed by atoms with Crippen molar-refractivity contribution in [1.82, 2.24) is 4.31 Å². The third-order valence-corrected chi connectivity index (χ3v) is 7.60. The summed E-state index contributed by atoms with van der Waals surface area (Å²) in [6.07, 6.45) is 0. The lowest BCUT2D eigenvalue weighted by atomic mass is 10.2. The Labute approximate surface area is 207 Å². The van der Waals surface area contributed by atoms with Gasteiger partial charge in [-0.2, -0.15) is 4.31 Å². The van der Waals surface area contributed by atoms with Crippen LogP contribution >= 0.6 is 23.2 Å². The Balaban J connectivity index is 1.95. The summed E-state index contributed by atoms with van der Waals surface area (Å²) < 4.78 is 27.8. The molecule has 1 amide bonds. The maximum atomic E-state index is 13.4. The third kappa shape index (κ3) is 5.92. The first kappa shape index (κ1) is 25.6. The van der Waals surface area contributed by atoms with Crippen LogP contribution < -0.4 is 5.32 Å². The fourth-order valence-corrected chi connectivity index (χ4v) is 5.03. The smallest absolute Gasteiger partial charge is 0.271 e. The van der Waals surface area contributed by atoms with Gasteiger partial charge in [-0.25, -0.2) is 8.42 Å². The van der Waals surface area contributed by atoms with Crippen molar-refractivity contribution in [2.45, 2.75) is 25.3 Å². The Morgan fingerprint density at radius 3 is 2.24 bits per heavy atom. The number of hydrogen-bond acceptors (Lipinski definition) is 5. The van der Waals surface area contributed by atoms with Gasteiger partial charge in [-0.05, 0) is 43.7 Å². The van der Waals surface area contributed by atoms with E-state index in [1.807, 2.05) is 6.92 Å². The number of nitro groups is 1. The molecule has 3 rings (SSSR count). The van der Waals surface area contributed by atoms with E-state index < -0.39 is 27.4 Å². The van der Waals surface area contributed by atoms with Crippen molar-refractivity contribution in [3.05, 3.63) is 97.5 Å². The molecule has 8 nitrogen and oxygen atoms in total. The highest BCUT2D eigenvalue weighted by Crippen LogP contribution is 2.28. The fraction of sp³-hybridized carbons (Fsp3) is 0.174. The zero-order valence-electron chi connectivity index (χ0n) is 18.3. The van der Waals surface area contributed by atoms with Crippen LogP contribution in [0.5, 0.6) is 0 Å². The van der Waals surface area contributed by atoms with Crippen molar-refractivity contribution >= 4 is 50.5 Å². The van der Waals surface area contributed by atoms with Gasteiger partial charge in [0.1, 0.15) is 0 Å². The highest BCUT2D eigenvalue weighted by Gasteiger charge is 2.28. The normalized spacial score (nSPS) is 11.4. The van der Waals surface area contributed by atoms with Crippen molar-refractivity contribution in [2.24, 2.45) is 0 Å². The Bertz CT molecular complexity index is 1320. The third-order valence-electron chi connectivity index (χ3n) is 5.08. The van der Waals surface area contributed by atoms with Crippen LogP contribution in [0.2, 0.25) is 10.0 Å². The van der Waals surface area contributed by atoms with Gasteiger partial charge in [-0.3, -0.25) is 14.9 Å². The average molecular weight is 522 g/mol. The molecule has 0 bridgehead atoms. The van der Waals surface area contributed by atoms with Gasteiger partial charge in [0.15, 0.2) is 0 Å². The fourth-order valence-electron chi connectivity index (χ4n) is 3.15. The second-order valence-corrected chi connectivity index (χ2v) is 10.3. The Morgan fingerprint density at radius 2 is 1.65 bits per heavy atom. The van der Waals surface area contributed by atoms with Gasteiger partial charge in [0.05, 0.1) is 22.1 Å². The van der Waals surface area contributed by atoms with E-state index in [0.29, 0.717) is 11.1 Å². The van der Waals surface area contributed by atoms with E-state index in [0.717, 1.165) is 9.87 Å². The molecule has 0 aliphatic carbocycles. The molecular weight excluding hydrogens is 501 g/mol. The van der Waals surface area contributed by atoms with Crippen LogP contribution in [0.3, 0.4) is 0 Å². The highest BCUT2D eigenvalue weighted by atomic mass is 35.5. The summed E-state index contributed by atoms with van der Waals surface area (Å²) in [5.41, 5.74) is 1.82. The van der Waals surface area contributed by atoms with Crippen molar-refractivity contribution in [3.63, 3.8) is 0 Å². The number of rotatable bonds is 8. The van der Waals surface area contributed by atoms with E-state index in [-0.39, 0.29) is 32.9 Å². The number of halogens is 2. The largest absolute Gasteiger partial charge is 0.324 e. The van der Waals surface area contributed by atoms with Crippen molar-refractivity contribution in [3.8, 4) is 0 Å². The summed E-state index contributed by atoms with van der Waals surface area (Å²) in [6, 6.07) is 15.0. The van der Waals surface area contributed by atoms with Gasteiger partial charge >= 0.3 is 0 Å². The summed E-state index contributed by atoms with van der Waals surface area (Å²) in [7, 11) is -4.12. The second kappa shape index (κ2) is 10.5. The zero-order valence-corrected chi connectivity index (χ0v) is 20.6. The number of carbonyl (C=O) groups is 1. The van der Waals surface area contributed by atoms with E-state index in [1.54, 1.807) is 37.3 Å².